The molecule has 77 heavy (non-hydrogen) atoms. The molecule has 0 saturated heterocycles. The molecule has 0 aliphatic carbocycles. The topological polar surface area (TPSA) is 63.2 Å². The highest BCUT2D eigenvalue weighted by Gasteiger charge is 2.18. The molecule has 0 saturated carbocycles. The summed E-state index contributed by atoms with van der Waals surface area (Å²) in [5, 5.41) is 17.2. The summed E-state index contributed by atoms with van der Waals surface area (Å²) in [6, 6.07) is 94.2. The van der Waals surface area contributed by atoms with Crippen molar-refractivity contribution in [1.29, 1.82) is 5.26 Å². The third-order valence-corrected chi connectivity index (χ3v) is 15.3. The van der Waals surface area contributed by atoms with E-state index in [0.717, 1.165) is 155 Å². The van der Waals surface area contributed by atoms with Crippen LogP contribution in [0.2, 0.25) is 0 Å². The number of benzene rings is 12. The fourth-order valence-electron chi connectivity index (χ4n) is 11.5. The number of nitriles is 1. The predicted molar refractivity (Wildman–Crippen MR) is 316 cm³/mol. The van der Waals surface area contributed by atoms with Crippen LogP contribution < -0.4 is 0 Å². The predicted octanol–water partition coefficient (Wildman–Crippen LogP) is 20.6. The van der Waals surface area contributed by atoms with Crippen molar-refractivity contribution in [2.45, 2.75) is 0 Å². The Morgan fingerprint density at radius 1 is 0.221 bits per heavy atom. The quantitative estimate of drug-likeness (QED) is 0.152. The minimum absolute atomic E-state index is 0.571. The molecule has 0 fully saturated rings. The second-order valence-electron chi connectivity index (χ2n) is 19.9. The third-order valence-electron chi connectivity index (χ3n) is 15.3. The van der Waals surface area contributed by atoms with E-state index in [1.54, 1.807) is 0 Å². The maximum absolute atomic E-state index is 10.6. The Hall–Kier alpha value is -10.5. The van der Waals surface area contributed by atoms with E-state index in [1.807, 2.05) is 54.6 Å². The van der Waals surface area contributed by atoms with Gasteiger partial charge in [0.15, 0.2) is 0 Å². The molecule has 0 radical (unpaired) electrons. The monoisotopic (exact) mass is 981 g/mol. The Morgan fingerprint density at radius 2 is 0.506 bits per heavy atom. The van der Waals surface area contributed by atoms with Gasteiger partial charge in [-0.3, -0.25) is 0 Å². The number of fused-ring (bicyclic) bond motifs is 9. The van der Waals surface area contributed by atoms with Crippen LogP contribution in [-0.2, 0) is 0 Å². The van der Waals surface area contributed by atoms with E-state index in [-0.39, 0.29) is 0 Å². The highest BCUT2D eigenvalue weighted by Crippen LogP contribution is 2.42. The smallest absolute Gasteiger partial charge is 0.143 e. The van der Waals surface area contributed by atoms with Gasteiger partial charge in [0.1, 0.15) is 33.5 Å². The molecule has 0 aliphatic heterocycles. The summed E-state index contributed by atoms with van der Waals surface area (Å²) >= 11 is 0. The molecule has 15 rings (SSSR count). The first-order valence-corrected chi connectivity index (χ1v) is 25.9. The van der Waals surface area contributed by atoms with E-state index in [0.29, 0.717) is 5.56 Å². The van der Waals surface area contributed by atoms with Crippen LogP contribution in [0.3, 0.4) is 0 Å². The lowest BCUT2D eigenvalue weighted by Gasteiger charge is -2.15. The van der Waals surface area contributed by atoms with Crippen molar-refractivity contribution in [3.63, 3.8) is 0 Å². The molecule has 4 heteroatoms. The van der Waals surface area contributed by atoms with Crippen molar-refractivity contribution in [2.75, 3.05) is 0 Å². The second kappa shape index (κ2) is 17.9. The average Bonchev–Trinajstić information content (AvgIpc) is 4.22. The van der Waals surface area contributed by atoms with Gasteiger partial charge < -0.3 is 13.3 Å². The van der Waals surface area contributed by atoms with Crippen LogP contribution >= 0.6 is 0 Å². The van der Waals surface area contributed by atoms with Gasteiger partial charge in [0, 0.05) is 49.0 Å². The van der Waals surface area contributed by atoms with Crippen molar-refractivity contribution in [1.82, 2.24) is 0 Å². The molecular formula is C73H43NO3. The van der Waals surface area contributed by atoms with Crippen LogP contribution in [-0.4, -0.2) is 0 Å². The van der Waals surface area contributed by atoms with Crippen LogP contribution in [0.15, 0.2) is 274 Å². The van der Waals surface area contributed by atoms with Crippen molar-refractivity contribution in [3.8, 4) is 95.1 Å². The number of hydrogen-bond acceptors (Lipinski definition) is 4. The summed E-state index contributed by atoms with van der Waals surface area (Å²) in [6.07, 6.45) is 0. The first-order chi connectivity index (χ1) is 38.1. The van der Waals surface area contributed by atoms with Gasteiger partial charge in [0.2, 0.25) is 0 Å². The van der Waals surface area contributed by atoms with Crippen molar-refractivity contribution in [3.05, 3.63) is 266 Å². The summed E-state index contributed by atoms with van der Waals surface area (Å²) in [7, 11) is 0. The summed E-state index contributed by atoms with van der Waals surface area (Å²) in [4.78, 5) is 0. The van der Waals surface area contributed by atoms with E-state index in [1.165, 1.54) is 0 Å². The maximum atomic E-state index is 10.6. The van der Waals surface area contributed by atoms with Crippen molar-refractivity contribution >= 4 is 65.8 Å². The number of rotatable bonds is 8. The maximum Gasteiger partial charge on any atom is 0.143 e. The molecule has 0 bridgehead atoms. The fraction of sp³-hybridized carbons (Fsp3) is 0. The molecule has 0 N–H and O–H groups in total. The van der Waals surface area contributed by atoms with Crippen LogP contribution in [0.1, 0.15) is 5.56 Å². The molecule has 0 unspecified atom stereocenters. The molecule has 12 aromatic carbocycles. The molecule has 3 aromatic heterocycles. The van der Waals surface area contributed by atoms with Gasteiger partial charge in [-0.2, -0.15) is 5.26 Å². The summed E-state index contributed by atoms with van der Waals surface area (Å²) in [5.41, 5.74) is 22.6. The zero-order chi connectivity index (χ0) is 51.0. The molecular weight excluding hydrogens is 939 g/mol. The Balaban J connectivity index is 0.830. The standard InChI is InChI=1S/C73H43NO3/c74-44-45-36-54(43-58(37-45)61-21-11-24-67-64-18-3-6-27-70(64)77-73(61)67)57-41-55(52-14-7-12-50(38-52)46-28-32-48(33-29-46)59-19-9-22-65-62-16-1-4-25-68(62)75-71(59)65)40-56(42-57)53-15-8-13-51(39-53)47-30-34-49(35-31-47)60-20-10-23-66-63-17-2-5-26-69(63)76-72(60)66/h1-43H. The van der Waals surface area contributed by atoms with Crippen LogP contribution in [0.25, 0.3) is 155 Å². The van der Waals surface area contributed by atoms with E-state index in [4.69, 9.17) is 13.3 Å². The van der Waals surface area contributed by atoms with Gasteiger partial charge in [-0.1, -0.05) is 194 Å². The molecule has 0 spiro atoms. The number of para-hydroxylation sites is 6. The molecule has 0 atom stereocenters. The Morgan fingerprint density at radius 3 is 0.922 bits per heavy atom. The van der Waals surface area contributed by atoms with Gasteiger partial charge in [-0.15, -0.1) is 0 Å². The lowest BCUT2D eigenvalue weighted by molar-refractivity contribution is 0.669. The Kier molecular flexibility index (Phi) is 10.2. The lowest BCUT2D eigenvalue weighted by Crippen LogP contribution is -1.90. The molecule has 358 valence electrons. The van der Waals surface area contributed by atoms with Crippen LogP contribution in [0.4, 0.5) is 0 Å². The van der Waals surface area contributed by atoms with E-state index >= 15 is 0 Å². The van der Waals surface area contributed by atoms with Gasteiger partial charge in [0.25, 0.3) is 0 Å². The lowest BCUT2D eigenvalue weighted by atomic mass is 9.89. The van der Waals surface area contributed by atoms with Gasteiger partial charge in [-0.05, 0) is 139 Å². The number of hydrogen-bond donors (Lipinski definition) is 0. The van der Waals surface area contributed by atoms with E-state index in [2.05, 4.69) is 212 Å². The van der Waals surface area contributed by atoms with E-state index in [9.17, 15) is 5.26 Å². The van der Waals surface area contributed by atoms with Crippen LogP contribution in [0, 0.1) is 11.3 Å². The number of furan rings is 3. The average molecular weight is 982 g/mol. The van der Waals surface area contributed by atoms with Crippen molar-refractivity contribution in [2.24, 2.45) is 0 Å². The Labute approximate surface area is 443 Å². The summed E-state index contributed by atoms with van der Waals surface area (Å²) in [5.74, 6) is 0. The molecule has 0 aliphatic rings. The first-order valence-electron chi connectivity index (χ1n) is 25.9. The van der Waals surface area contributed by atoms with Crippen LogP contribution in [0.5, 0.6) is 0 Å². The largest absolute Gasteiger partial charge is 0.455 e. The fourth-order valence-corrected chi connectivity index (χ4v) is 11.5. The highest BCUT2D eigenvalue weighted by atomic mass is 16.3. The van der Waals surface area contributed by atoms with E-state index < -0.39 is 0 Å². The van der Waals surface area contributed by atoms with Gasteiger partial charge in [-0.25, -0.2) is 0 Å². The first kappa shape index (κ1) is 44.1. The highest BCUT2D eigenvalue weighted by molar-refractivity contribution is 6.12. The summed E-state index contributed by atoms with van der Waals surface area (Å²) < 4.78 is 19.4. The number of nitrogens with zero attached hydrogens (tertiary/aromatic N) is 1. The molecule has 4 nitrogen and oxygen atoms in total. The van der Waals surface area contributed by atoms with Gasteiger partial charge in [0.05, 0.1) is 11.6 Å². The molecule has 15 aromatic rings. The zero-order valence-corrected chi connectivity index (χ0v) is 41.5. The Bertz CT molecular complexity index is 4650. The molecule has 3 heterocycles. The SMILES string of the molecule is N#Cc1cc(-c2cc(-c3cccc(-c4ccc(-c5cccc6c5oc5ccccc56)cc4)c3)cc(-c3cccc(-c4ccc(-c5cccc6c5oc5ccccc56)cc4)c3)c2)cc(-c2cccc3c2oc2ccccc23)c1. The normalized spacial score (nSPS) is 11.6. The van der Waals surface area contributed by atoms with Crippen molar-refractivity contribution < 1.29 is 13.3 Å². The minimum Gasteiger partial charge on any atom is -0.455 e. The zero-order valence-electron chi connectivity index (χ0n) is 41.5. The van der Waals surface area contributed by atoms with Gasteiger partial charge >= 0.3 is 0 Å². The summed E-state index contributed by atoms with van der Waals surface area (Å²) in [6.45, 7) is 0. The minimum atomic E-state index is 0.571. The second-order valence-corrected chi connectivity index (χ2v) is 19.9. The molecule has 0 amide bonds. The third kappa shape index (κ3) is 7.60.